The molecule has 0 unspecified atom stereocenters. The molecule has 0 radical (unpaired) electrons. The molecule has 0 spiro atoms. The Hall–Kier alpha value is -1.43. The Balaban J connectivity index is 3.45. The molecule has 80 valence electrons. The van der Waals surface area contributed by atoms with E-state index >= 15 is 0 Å². The van der Waals surface area contributed by atoms with Crippen LogP contribution in [0.5, 0.6) is 0 Å². The summed E-state index contributed by atoms with van der Waals surface area (Å²) in [5, 5.41) is 19.8. The Labute approximate surface area is 94.0 Å². The van der Waals surface area contributed by atoms with Gasteiger partial charge in [0.15, 0.2) is 0 Å². The quantitative estimate of drug-likeness (QED) is 0.521. The average molecular weight is 274 g/mol. The van der Waals surface area contributed by atoms with Crippen molar-refractivity contribution in [2.75, 3.05) is 0 Å². The lowest BCUT2D eigenvalue weighted by Crippen LogP contribution is -2.04. The Morgan fingerprint density at radius 1 is 1.60 bits per heavy atom. The number of halogens is 1. The number of carboxylic acid groups (broad SMARTS) is 1. The average Bonchev–Trinajstić information content (AvgIpc) is 2.17. The number of rotatable bonds is 3. The van der Waals surface area contributed by atoms with Gasteiger partial charge in [0, 0.05) is 17.5 Å². The number of nitro groups is 1. The van der Waals surface area contributed by atoms with E-state index in [0.29, 0.717) is 16.5 Å². The van der Waals surface area contributed by atoms with Gasteiger partial charge >= 0.3 is 5.97 Å². The maximum atomic E-state index is 10.8. The molecule has 5 nitrogen and oxygen atoms in total. The summed E-state index contributed by atoms with van der Waals surface area (Å²) in [6, 6.07) is 2.44. The molecule has 0 atom stereocenters. The number of alkyl halides is 1. The molecule has 0 heterocycles. The number of nitro benzene ring substituents is 1. The first kappa shape index (κ1) is 11.6. The van der Waals surface area contributed by atoms with Crippen molar-refractivity contribution in [3.63, 3.8) is 0 Å². The molecule has 1 N–H and O–H groups in total. The fourth-order valence-corrected chi connectivity index (χ4v) is 1.81. The number of carboxylic acids is 1. The van der Waals surface area contributed by atoms with E-state index in [1.165, 1.54) is 6.07 Å². The van der Waals surface area contributed by atoms with Gasteiger partial charge in [0.1, 0.15) is 0 Å². The molecule has 0 aliphatic heterocycles. The van der Waals surface area contributed by atoms with Gasteiger partial charge in [-0.2, -0.15) is 0 Å². The van der Waals surface area contributed by atoms with Crippen LogP contribution in [0, 0.1) is 17.0 Å². The van der Waals surface area contributed by atoms with Gasteiger partial charge in [-0.15, -0.1) is 0 Å². The summed E-state index contributed by atoms with van der Waals surface area (Å²) >= 11 is 3.16. The van der Waals surface area contributed by atoms with Crippen LogP contribution >= 0.6 is 15.9 Å². The molecule has 1 aromatic carbocycles. The first-order chi connectivity index (χ1) is 6.97. The Kier molecular flexibility index (Phi) is 3.41. The Morgan fingerprint density at radius 2 is 2.20 bits per heavy atom. The smallest absolute Gasteiger partial charge is 0.336 e. The summed E-state index contributed by atoms with van der Waals surface area (Å²) in [7, 11) is 0. The molecule has 0 fully saturated rings. The fourth-order valence-electron chi connectivity index (χ4n) is 1.22. The number of nitrogens with zero attached hydrogens (tertiary/aromatic N) is 1. The summed E-state index contributed by atoms with van der Waals surface area (Å²) < 4.78 is 0. The summed E-state index contributed by atoms with van der Waals surface area (Å²) in [5.41, 5.74) is 0.928. The number of benzene rings is 1. The van der Waals surface area contributed by atoms with Crippen LogP contribution in [0.3, 0.4) is 0 Å². The molecule has 0 bridgehead atoms. The topological polar surface area (TPSA) is 80.4 Å². The molecule has 0 aliphatic carbocycles. The second kappa shape index (κ2) is 4.39. The molecule has 6 heteroatoms. The maximum absolute atomic E-state index is 10.8. The lowest BCUT2D eigenvalue weighted by Gasteiger charge is -2.05. The molecule has 0 aromatic heterocycles. The van der Waals surface area contributed by atoms with Crippen molar-refractivity contribution >= 4 is 27.6 Å². The van der Waals surface area contributed by atoms with E-state index in [9.17, 15) is 14.9 Å². The van der Waals surface area contributed by atoms with Crippen molar-refractivity contribution in [3.05, 3.63) is 38.9 Å². The predicted molar refractivity (Wildman–Crippen MR) is 57.4 cm³/mol. The van der Waals surface area contributed by atoms with Gasteiger partial charge in [0.05, 0.1) is 10.5 Å². The maximum Gasteiger partial charge on any atom is 0.336 e. The van der Waals surface area contributed by atoms with Crippen LogP contribution in [0.15, 0.2) is 12.1 Å². The normalized spacial score (nSPS) is 10.0. The minimum Gasteiger partial charge on any atom is -0.478 e. The van der Waals surface area contributed by atoms with E-state index in [1.54, 1.807) is 6.92 Å². The largest absolute Gasteiger partial charge is 0.478 e. The van der Waals surface area contributed by atoms with Crippen molar-refractivity contribution in [1.29, 1.82) is 0 Å². The van der Waals surface area contributed by atoms with Gasteiger partial charge in [-0.25, -0.2) is 4.79 Å². The van der Waals surface area contributed by atoms with Crippen molar-refractivity contribution in [2.45, 2.75) is 12.3 Å². The van der Waals surface area contributed by atoms with E-state index in [1.807, 2.05) is 0 Å². The molecule has 0 aliphatic rings. The van der Waals surface area contributed by atoms with Gasteiger partial charge < -0.3 is 5.11 Å². The van der Waals surface area contributed by atoms with E-state index in [0.717, 1.165) is 6.07 Å². The number of carbonyl (C=O) groups is 1. The second-order valence-corrected chi connectivity index (χ2v) is 3.53. The summed E-state index contributed by atoms with van der Waals surface area (Å²) in [6.07, 6.45) is 0. The lowest BCUT2D eigenvalue weighted by molar-refractivity contribution is -0.384. The minimum atomic E-state index is -1.15. The summed E-state index contributed by atoms with van der Waals surface area (Å²) in [5.74, 6) is -1.15. The number of non-ortho nitro benzene ring substituents is 1. The van der Waals surface area contributed by atoms with E-state index in [4.69, 9.17) is 5.11 Å². The van der Waals surface area contributed by atoms with Crippen LogP contribution in [0.1, 0.15) is 21.5 Å². The van der Waals surface area contributed by atoms with Gasteiger partial charge in [0.25, 0.3) is 5.69 Å². The molecule has 1 rings (SSSR count). The fraction of sp³-hybridized carbons (Fsp3) is 0.222. The summed E-state index contributed by atoms with van der Waals surface area (Å²) in [6.45, 7) is 1.63. The minimum absolute atomic E-state index is 0.0290. The highest BCUT2D eigenvalue weighted by atomic mass is 79.9. The predicted octanol–water partition coefficient (Wildman–Crippen LogP) is 2.50. The third kappa shape index (κ3) is 2.33. The standard InChI is InChI=1S/C9H8BrNO4/c1-5-6(4-10)2-7(11(14)15)3-8(5)9(12)13/h2-3H,4H2,1H3,(H,12,13). The molecule has 0 saturated heterocycles. The van der Waals surface area contributed by atoms with Crippen LogP contribution in [0.4, 0.5) is 5.69 Å². The lowest BCUT2D eigenvalue weighted by atomic mass is 10.0. The first-order valence-electron chi connectivity index (χ1n) is 4.04. The van der Waals surface area contributed by atoms with Crippen LogP contribution < -0.4 is 0 Å². The first-order valence-corrected chi connectivity index (χ1v) is 5.16. The van der Waals surface area contributed by atoms with Crippen molar-refractivity contribution in [2.24, 2.45) is 0 Å². The Morgan fingerprint density at radius 3 is 2.60 bits per heavy atom. The monoisotopic (exact) mass is 273 g/mol. The molecular weight excluding hydrogens is 266 g/mol. The van der Waals surface area contributed by atoms with Gasteiger partial charge in [-0.3, -0.25) is 10.1 Å². The molecule has 1 aromatic rings. The van der Waals surface area contributed by atoms with Crippen molar-refractivity contribution < 1.29 is 14.8 Å². The van der Waals surface area contributed by atoms with E-state index in [2.05, 4.69) is 15.9 Å². The highest BCUT2D eigenvalue weighted by molar-refractivity contribution is 9.08. The zero-order valence-corrected chi connectivity index (χ0v) is 9.44. The third-order valence-corrected chi connectivity index (χ3v) is 2.69. The molecule has 0 saturated carbocycles. The SMILES string of the molecule is Cc1c(CBr)cc([N+](=O)[O-])cc1C(=O)O. The Bertz CT molecular complexity index is 430. The molecule has 0 amide bonds. The molecular formula is C9H8BrNO4. The van der Waals surface area contributed by atoms with Crippen molar-refractivity contribution in [1.82, 2.24) is 0 Å². The summed E-state index contributed by atoms with van der Waals surface area (Å²) in [4.78, 5) is 20.8. The van der Waals surface area contributed by atoms with Crippen LogP contribution in [-0.4, -0.2) is 16.0 Å². The molecule has 15 heavy (non-hydrogen) atoms. The van der Waals surface area contributed by atoms with E-state index < -0.39 is 10.9 Å². The number of hydrogen-bond donors (Lipinski definition) is 1. The zero-order chi connectivity index (χ0) is 11.6. The zero-order valence-electron chi connectivity index (χ0n) is 7.86. The number of aromatic carboxylic acids is 1. The van der Waals surface area contributed by atoms with Crippen LogP contribution in [-0.2, 0) is 5.33 Å². The van der Waals surface area contributed by atoms with Crippen molar-refractivity contribution in [3.8, 4) is 0 Å². The van der Waals surface area contributed by atoms with Crippen LogP contribution in [0.2, 0.25) is 0 Å². The second-order valence-electron chi connectivity index (χ2n) is 2.97. The van der Waals surface area contributed by atoms with Crippen LogP contribution in [0.25, 0.3) is 0 Å². The third-order valence-electron chi connectivity index (χ3n) is 2.09. The van der Waals surface area contributed by atoms with Gasteiger partial charge in [-0.05, 0) is 18.1 Å². The van der Waals surface area contributed by atoms with E-state index in [-0.39, 0.29) is 11.3 Å². The van der Waals surface area contributed by atoms with Gasteiger partial charge in [0.2, 0.25) is 0 Å². The highest BCUT2D eigenvalue weighted by Gasteiger charge is 2.17. The van der Waals surface area contributed by atoms with Gasteiger partial charge in [-0.1, -0.05) is 15.9 Å². The number of hydrogen-bond acceptors (Lipinski definition) is 3. The highest BCUT2D eigenvalue weighted by Crippen LogP contribution is 2.23.